The molecule has 0 fully saturated rings. The van der Waals surface area contributed by atoms with Crippen LogP contribution in [-0.2, 0) is 6.42 Å². The molecule has 0 saturated carbocycles. The van der Waals surface area contributed by atoms with Gasteiger partial charge in [-0.1, -0.05) is 30.3 Å². The quantitative estimate of drug-likeness (QED) is 0.660. The molecular weight excluding hydrogens is 251 g/mol. The molecule has 0 aliphatic carbocycles. The number of aryl methyl sites for hydroxylation is 3. The van der Waals surface area contributed by atoms with Crippen molar-refractivity contribution in [2.24, 2.45) is 5.84 Å². The number of nitrogens with two attached hydrogens (primary N) is 1. The molecule has 2 aromatic rings. The van der Waals surface area contributed by atoms with Gasteiger partial charge in [0.1, 0.15) is 5.82 Å². The van der Waals surface area contributed by atoms with Crippen LogP contribution in [0.5, 0.6) is 0 Å². The molecule has 2 rings (SSSR count). The Hall–Kier alpha value is -1.71. The third kappa shape index (κ3) is 3.06. The van der Waals surface area contributed by atoms with Crippen LogP contribution in [0.25, 0.3) is 0 Å². The van der Waals surface area contributed by atoms with Crippen molar-refractivity contribution in [3.63, 3.8) is 0 Å². The van der Waals surface area contributed by atoms with Gasteiger partial charge in [0, 0.05) is 5.56 Å². The summed E-state index contributed by atoms with van der Waals surface area (Å²) in [6, 6.07) is 11.4. The Labute approximate surface area is 119 Å². The second kappa shape index (κ2) is 6.16. The molecule has 2 aromatic carbocycles. The zero-order valence-electron chi connectivity index (χ0n) is 12.2. The van der Waals surface area contributed by atoms with Crippen molar-refractivity contribution in [3.05, 3.63) is 70.0 Å². The molecule has 0 aliphatic heterocycles. The normalized spacial score (nSPS) is 12.4. The number of nitrogens with one attached hydrogen (secondary N) is 1. The van der Waals surface area contributed by atoms with Crippen molar-refractivity contribution >= 4 is 0 Å². The first kappa shape index (κ1) is 14.7. The van der Waals surface area contributed by atoms with Crippen LogP contribution < -0.4 is 11.3 Å². The number of hydrazine groups is 1. The number of benzene rings is 2. The summed E-state index contributed by atoms with van der Waals surface area (Å²) in [6.45, 7) is 5.88. The zero-order chi connectivity index (χ0) is 14.7. The molecule has 0 radical (unpaired) electrons. The highest BCUT2D eigenvalue weighted by atomic mass is 19.1. The summed E-state index contributed by atoms with van der Waals surface area (Å²) < 4.78 is 14.3. The van der Waals surface area contributed by atoms with Crippen molar-refractivity contribution in [3.8, 4) is 0 Å². The van der Waals surface area contributed by atoms with Gasteiger partial charge in [0.15, 0.2) is 0 Å². The van der Waals surface area contributed by atoms with E-state index in [0.29, 0.717) is 12.0 Å². The first-order chi connectivity index (χ1) is 9.52. The lowest BCUT2D eigenvalue weighted by atomic mass is 9.92. The minimum absolute atomic E-state index is 0.195. The molecule has 1 unspecified atom stereocenters. The van der Waals surface area contributed by atoms with E-state index in [9.17, 15) is 4.39 Å². The van der Waals surface area contributed by atoms with E-state index < -0.39 is 0 Å². The lowest BCUT2D eigenvalue weighted by Crippen LogP contribution is -2.31. The molecule has 3 N–H and O–H groups in total. The molecule has 0 bridgehead atoms. The molecule has 20 heavy (non-hydrogen) atoms. The van der Waals surface area contributed by atoms with E-state index >= 15 is 0 Å². The van der Waals surface area contributed by atoms with Gasteiger partial charge in [-0.05, 0) is 55.5 Å². The van der Waals surface area contributed by atoms with Gasteiger partial charge in [0.2, 0.25) is 0 Å². The monoisotopic (exact) mass is 272 g/mol. The summed E-state index contributed by atoms with van der Waals surface area (Å²) in [4.78, 5) is 0. The van der Waals surface area contributed by atoms with Gasteiger partial charge in [0.05, 0.1) is 6.04 Å². The van der Waals surface area contributed by atoms with Crippen molar-refractivity contribution in [1.29, 1.82) is 0 Å². The molecule has 0 spiro atoms. The van der Waals surface area contributed by atoms with E-state index in [4.69, 9.17) is 5.84 Å². The van der Waals surface area contributed by atoms with E-state index in [-0.39, 0.29) is 11.9 Å². The number of halogens is 1. The second-order valence-corrected chi connectivity index (χ2v) is 5.33. The number of hydrogen-bond donors (Lipinski definition) is 2. The van der Waals surface area contributed by atoms with Gasteiger partial charge in [-0.15, -0.1) is 0 Å². The predicted octanol–water partition coefficient (Wildman–Crippen LogP) is 3.50. The van der Waals surface area contributed by atoms with Gasteiger partial charge in [-0.3, -0.25) is 11.3 Å². The van der Waals surface area contributed by atoms with Crippen LogP contribution in [-0.4, -0.2) is 0 Å². The summed E-state index contributed by atoms with van der Waals surface area (Å²) >= 11 is 0. The van der Waals surface area contributed by atoms with Crippen LogP contribution in [0.15, 0.2) is 36.4 Å². The van der Waals surface area contributed by atoms with Gasteiger partial charge >= 0.3 is 0 Å². The standard InChI is InChI=1S/C17H21FN2/c1-11-8-13(3)17(15(18)9-11)16(20-19)10-14-7-5-4-6-12(14)2/h4-9,16,20H,10,19H2,1-3H3. The summed E-state index contributed by atoms with van der Waals surface area (Å²) in [5, 5.41) is 0. The highest BCUT2D eigenvalue weighted by Crippen LogP contribution is 2.26. The Morgan fingerprint density at radius 3 is 2.40 bits per heavy atom. The van der Waals surface area contributed by atoms with E-state index in [1.54, 1.807) is 6.07 Å². The fourth-order valence-electron chi connectivity index (χ4n) is 2.67. The van der Waals surface area contributed by atoms with E-state index in [0.717, 1.165) is 11.1 Å². The Morgan fingerprint density at radius 1 is 1.10 bits per heavy atom. The predicted molar refractivity (Wildman–Crippen MR) is 80.8 cm³/mol. The topological polar surface area (TPSA) is 38.0 Å². The van der Waals surface area contributed by atoms with Crippen LogP contribution in [0.1, 0.15) is 33.9 Å². The fraction of sp³-hybridized carbons (Fsp3) is 0.294. The van der Waals surface area contributed by atoms with Crippen LogP contribution in [0.3, 0.4) is 0 Å². The average Bonchev–Trinajstić information content (AvgIpc) is 2.38. The molecule has 2 nitrogen and oxygen atoms in total. The Morgan fingerprint density at radius 2 is 1.80 bits per heavy atom. The minimum atomic E-state index is -0.225. The number of rotatable bonds is 4. The third-order valence-corrected chi connectivity index (χ3v) is 3.72. The molecule has 0 heterocycles. The third-order valence-electron chi connectivity index (χ3n) is 3.72. The first-order valence-electron chi connectivity index (χ1n) is 6.80. The van der Waals surface area contributed by atoms with Crippen LogP contribution in [0, 0.1) is 26.6 Å². The lowest BCUT2D eigenvalue weighted by Gasteiger charge is -2.21. The summed E-state index contributed by atoms with van der Waals surface area (Å²) in [5.41, 5.74) is 7.63. The molecule has 0 aliphatic rings. The van der Waals surface area contributed by atoms with Gasteiger partial charge in [0.25, 0.3) is 0 Å². The molecule has 0 amide bonds. The van der Waals surface area contributed by atoms with Gasteiger partial charge < -0.3 is 0 Å². The van der Waals surface area contributed by atoms with Crippen molar-refractivity contribution in [1.82, 2.24) is 5.43 Å². The maximum atomic E-state index is 14.3. The van der Waals surface area contributed by atoms with E-state index in [1.807, 2.05) is 32.0 Å². The molecule has 106 valence electrons. The van der Waals surface area contributed by atoms with E-state index in [1.165, 1.54) is 11.1 Å². The van der Waals surface area contributed by atoms with Crippen molar-refractivity contribution < 1.29 is 4.39 Å². The lowest BCUT2D eigenvalue weighted by molar-refractivity contribution is 0.506. The van der Waals surface area contributed by atoms with Crippen molar-refractivity contribution in [2.45, 2.75) is 33.2 Å². The molecular formula is C17H21FN2. The largest absolute Gasteiger partial charge is 0.271 e. The maximum Gasteiger partial charge on any atom is 0.128 e. The Bertz CT molecular complexity index is 585. The Kier molecular flexibility index (Phi) is 4.53. The minimum Gasteiger partial charge on any atom is -0.271 e. The van der Waals surface area contributed by atoms with Gasteiger partial charge in [-0.25, -0.2) is 4.39 Å². The second-order valence-electron chi connectivity index (χ2n) is 5.33. The highest BCUT2D eigenvalue weighted by molar-refractivity contribution is 5.36. The first-order valence-corrected chi connectivity index (χ1v) is 6.80. The molecule has 0 saturated heterocycles. The zero-order valence-corrected chi connectivity index (χ0v) is 12.2. The SMILES string of the molecule is Cc1cc(C)c(C(Cc2ccccc2C)NN)c(F)c1. The fourth-order valence-corrected chi connectivity index (χ4v) is 2.67. The Balaban J connectivity index is 2.37. The van der Waals surface area contributed by atoms with E-state index in [2.05, 4.69) is 24.5 Å². The summed E-state index contributed by atoms with van der Waals surface area (Å²) in [6.07, 6.45) is 0.671. The van der Waals surface area contributed by atoms with Crippen LogP contribution in [0.2, 0.25) is 0 Å². The van der Waals surface area contributed by atoms with Crippen LogP contribution in [0.4, 0.5) is 4.39 Å². The average molecular weight is 272 g/mol. The highest BCUT2D eigenvalue weighted by Gasteiger charge is 2.18. The van der Waals surface area contributed by atoms with Crippen molar-refractivity contribution in [2.75, 3.05) is 0 Å². The summed E-state index contributed by atoms with van der Waals surface area (Å²) in [5.74, 6) is 5.47. The molecule has 3 heteroatoms. The number of hydrogen-bond acceptors (Lipinski definition) is 2. The molecule has 0 aromatic heterocycles. The smallest absolute Gasteiger partial charge is 0.128 e. The van der Waals surface area contributed by atoms with Gasteiger partial charge in [-0.2, -0.15) is 0 Å². The summed E-state index contributed by atoms with van der Waals surface area (Å²) in [7, 11) is 0. The maximum absolute atomic E-state index is 14.3. The van der Waals surface area contributed by atoms with Crippen LogP contribution >= 0.6 is 0 Å². The molecule has 1 atom stereocenters.